The SMILES string of the molecule is COc1cc([C@H](CC(=O)O)NC=O)cc(OC)c1OC. The fraction of sp³-hybridized carbons (Fsp3) is 0.385. The van der Waals surface area contributed by atoms with E-state index in [2.05, 4.69) is 5.32 Å². The number of aliphatic carboxylic acids is 1. The van der Waals surface area contributed by atoms with Crippen LogP contribution in [0.3, 0.4) is 0 Å². The van der Waals surface area contributed by atoms with Gasteiger partial charge in [-0.15, -0.1) is 0 Å². The lowest BCUT2D eigenvalue weighted by Crippen LogP contribution is -2.22. The number of amides is 1. The van der Waals surface area contributed by atoms with E-state index >= 15 is 0 Å². The number of rotatable bonds is 8. The second kappa shape index (κ2) is 7.22. The molecule has 0 radical (unpaired) electrons. The predicted octanol–water partition coefficient (Wildman–Crippen LogP) is 0.974. The monoisotopic (exact) mass is 283 g/mol. The molecule has 1 aromatic rings. The maximum absolute atomic E-state index is 10.8. The van der Waals surface area contributed by atoms with Crippen LogP contribution in [-0.4, -0.2) is 38.8 Å². The highest BCUT2D eigenvalue weighted by Gasteiger charge is 2.20. The Hall–Kier alpha value is -2.44. The highest BCUT2D eigenvalue weighted by Crippen LogP contribution is 2.40. The van der Waals surface area contributed by atoms with Crippen molar-refractivity contribution in [3.05, 3.63) is 17.7 Å². The first-order valence-corrected chi connectivity index (χ1v) is 5.78. The number of benzene rings is 1. The van der Waals surface area contributed by atoms with Crippen LogP contribution in [0.15, 0.2) is 12.1 Å². The molecule has 0 fully saturated rings. The van der Waals surface area contributed by atoms with E-state index in [-0.39, 0.29) is 6.42 Å². The van der Waals surface area contributed by atoms with E-state index in [1.807, 2.05) is 0 Å². The number of methoxy groups -OCH3 is 3. The minimum atomic E-state index is -1.03. The maximum atomic E-state index is 10.8. The standard InChI is InChI=1S/C13H17NO6/c1-18-10-4-8(5-11(19-2)13(10)20-3)9(14-7-15)6-12(16)17/h4-5,7,9H,6H2,1-3H3,(H,14,15)(H,16,17)/t9-/m0/s1. The van der Waals surface area contributed by atoms with Crippen LogP contribution >= 0.6 is 0 Å². The van der Waals surface area contributed by atoms with Crippen LogP contribution in [0.5, 0.6) is 17.2 Å². The summed E-state index contributed by atoms with van der Waals surface area (Å²) in [5.74, 6) is 0.159. The van der Waals surface area contributed by atoms with Crippen molar-refractivity contribution in [1.82, 2.24) is 5.32 Å². The highest BCUT2D eigenvalue weighted by molar-refractivity contribution is 5.69. The Balaban J connectivity index is 3.27. The molecular weight excluding hydrogens is 266 g/mol. The number of carboxylic acids is 1. The van der Waals surface area contributed by atoms with Gasteiger partial charge < -0.3 is 24.6 Å². The molecule has 110 valence electrons. The third-order valence-corrected chi connectivity index (χ3v) is 2.74. The molecule has 1 aromatic carbocycles. The molecular formula is C13H17NO6. The van der Waals surface area contributed by atoms with Crippen molar-refractivity contribution in [2.45, 2.75) is 12.5 Å². The van der Waals surface area contributed by atoms with E-state index in [1.165, 1.54) is 21.3 Å². The molecule has 1 atom stereocenters. The molecule has 0 bridgehead atoms. The van der Waals surface area contributed by atoms with Crippen molar-refractivity contribution >= 4 is 12.4 Å². The molecule has 0 aromatic heterocycles. The molecule has 0 saturated carbocycles. The van der Waals surface area contributed by atoms with Gasteiger partial charge in [-0.3, -0.25) is 9.59 Å². The van der Waals surface area contributed by atoms with Gasteiger partial charge in [-0.05, 0) is 17.7 Å². The van der Waals surface area contributed by atoms with Gasteiger partial charge >= 0.3 is 5.97 Å². The molecule has 0 aliphatic heterocycles. The third kappa shape index (κ3) is 3.53. The average molecular weight is 283 g/mol. The van der Waals surface area contributed by atoms with Crippen molar-refractivity contribution in [2.75, 3.05) is 21.3 Å². The number of ether oxygens (including phenoxy) is 3. The topological polar surface area (TPSA) is 94.1 Å². The van der Waals surface area contributed by atoms with Crippen molar-refractivity contribution in [3.8, 4) is 17.2 Å². The zero-order valence-corrected chi connectivity index (χ0v) is 11.5. The maximum Gasteiger partial charge on any atom is 0.305 e. The highest BCUT2D eigenvalue weighted by atomic mass is 16.5. The summed E-state index contributed by atoms with van der Waals surface area (Å²) in [6, 6.07) is 2.52. The Labute approximate surface area is 116 Å². The van der Waals surface area contributed by atoms with Gasteiger partial charge in [-0.2, -0.15) is 0 Å². The largest absolute Gasteiger partial charge is 0.493 e. The summed E-state index contributed by atoms with van der Waals surface area (Å²) in [6.45, 7) is 0. The minimum Gasteiger partial charge on any atom is -0.493 e. The van der Waals surface area contributed by atoms with E-state index in [1.54, 1.807) is 12.1 Å². The molecule has 0 aliphatic rings. The van der Waals surface area contributed by atoms with Crippen LogP contribution in [-0.2, 0) is 9.59 Å². The van der Waals surface area contributed by atoms with Gasteiger partial charge in [0, 0.05) is 0 Å². The Morgan fingerprint density at radius 2 is 1.80 bits per heavy atom. The molecule has 0 aliphatic carbocycles. The van der Waals surface area contributed by atoms with Crippen LogP contribution < -0.4 is 19.5 Å². The fourth-order valence-corrected chi connectivity index (χ4v) is 1.83. The van der Waals surface area contributed by atoms with Crippen LogP contribution in [0.4, 0.5) is 0 Å². The van der Waals surface area contributed by atoms with E-state index in [0.717, 1.165) is 0 Å². The molecule has 0 spiro atoms. The minimum absolute atomic E-state index is 0.253. The molecule has 1 rings (SSSR count). The zero-order chi connectivity index (χ0) is 15.1. The lowest BCUT2D eigenvalue weighted by atomic mass is 10.0. The van der Waals surface area contributed by atoms with Crippen molar-refractivity contribution in [1.29, 1.82) is 0 Å². The molecule has 20 heavy (non-hydrogen) atoms. The number of hydrogen-bond donors (Lipinski definition) is 2. The summed E-state index contributed by atoms with van der Waals surface area (Å²) < 4.78 is 15.5. The van der Waals surface area contributed by atoms with E-state index < -0.39 is 12.0 Å². The number of hydrogen-bond acceptors (Lipinski definition) is 5. The van der Waals surface area contributed by atoms with Gasteiger partial charge in [0.15, 0.2) is 11.5 Å². The second-order valence-corrected chi connectivity index (χ2v) is 3.89. The fourth-order valence-electron chi connectivity index (χ4n) is 1.83. The van der Waals surface area contributed by atoms with Crippen LogP contribution in [0.2, 0.25) is 0 Å². The number of carboxylic acid groups (broad SMARTS) is 1. The number of carbonyl (C=O) groups is 2. The van der Waals surface area contributed by atoms with Gasteiger partial charge in [0.1, 0.15) is 0 Å². The summed E-state index contributed by atoms with van der Waals surface area (Å²) in [6.07, 6.45) is 0.203. The number of carbonyl (C=O) groups excluding carboxylic acids is 1. The van der Waals surface area contributed by atoms with Crippen molar-refractivity contribution < 1.29 is 28.9 Å². The first-order valence-electron chi connectivity index (χ1n) is 5.78. The molecule has 7 heteroatoms. The van der Waals surface area contributed by atoms with Crippen molar-refractivity contribution in [3.63, 3.8) is 0 Å². The predicted molar refractivity (Wildman–Crippen MR) is 70.3 cm³/mol. The third-order valence-electron chi connectivity index (χ3n) is 2.74. The Bertz CT molecular complexity index is 463. The van der Waals surface area contributed by atoms with Crippen LogP contribution in [0.1, 0.15) is 18.0 Å². The zero-order valence-electron chi connectivity index (χ0n) is 11.5. The summed E-state index contributed by atoms with van der Waals surface area (Å²) in [5.41, 5.74) is 0.550. The molecule has 7 nitrogen and oxygen atoms in total. The molecule has 2 N–H and O–H groups in total. The first kappa shape index (κ1) is 15.6. The molecule has 0 unspecified atom stereocenters. The summed E-state index contributed by atoms with van der Waals surface area (Å²) in [7, 11) is 4.39. The van der Waals surface area contributed by atoms with Gasteiger partial charge in [0.25, 0.3) is 0 Å². The second-order valence-electron chi connectivity index (χ2n) is 3.89. The molecule has 1 amide bonds. The number of nitrogens with one attached hydrogen (secondary N) is 1. The summed E-state index contributed by atoms with van der Waals surface area (Å²) in [4.78, 5) is 21.5. The average Bonchev–Trinajstić information content (AvgIpc) is 2.44. The Morgan fingerprint density at radius 3 is 2.15 bits per heavy atom. The molecule has 0 heterocycles. The van der Waals surface area contributed by atoms with Gasteiger partial charge in [0.05, 0.1) is 33.8 Å². The lowest BCUT2D eigenvalue weighted by Gasteiger charge is -2.19. The van der Waals surface area contributed by atoms with Gasteiger partial charge in [-0.1, -0.05) is 0 Å². The first-order chi connectivity index (χ1) is 9.57. The van der Waals surface area contributed by atoms with Crippen molar-refractivity contribution in [2.24, 2.45) is 0 Å². The summed E-state index contributed by atoms with van der Waals surface area (Å²) >= 11 is 0. The normalized spacial score (nSPS) is 11.3. The van der Waals surface area contributed by atoms with E-state index in [0.29, 0.717) is 29.2 Å². The smallest absolute Gasteiger partial charge is 0.305 e. The van der Waals surface area contributed by atoms with E-state index in [4.69, 9.17) is 19.3 Å². The van der Waals surface area contributed by atoms with Gasteiger partial charge in [0.2, 0.25) is 12.2 Å². The summed E-state index contributed by atoms with van der Waals surface area (Å²) in [5, 5.41) is 11.3. The van der Waals surface area contributed by atoms with Crippen LogP contribution in [0, 0.1) is 0 Å². The lowest BCUT2D eigenvalue weighted by molar-refractivity contribution is -0.137. The van der Waals surface area contributed by atoms with Gasteiger partial charge in [-0.25, -0.2) is 0 Å². The van der Waals surface area contributed by atoms with E-state index in [9.17, 15) is 9.59 Å². The van der Waals surface area contributed by atoms with Crippen LogP contribution in [0.25, 0.3) is 0 Å². The molecule has 0 saturated heterocycles. The Morgan fingerprint density at radius 1 is 1.25 bits per heavy atom. The Kier molecular flexibility index (Phi) is 5.64. The quantitative estimate of drug-likeness (QED) is 0.690.